The molecule has 1 aliphatic heterocycles. The van der Waals surface area contributed by atoms with Gasteiger partial charge in [0.1, 0.15) is 0 Å². The Hall–Kier alpha value is -1.31. The van der Waals surface area contributed by atoms with Crippen molar-refractivity contribution < 1.29 is 4.79 Å². The minimum Gasteiger partial charge on any atom is -0.325 e. The molecular formula is C14H23NO. The van der Waals surface area contributed by atoms with Crippen LogP contribution in [0.1, 0.15) is 47.1 Å². The van der Waals surface area contributed by atoms with Crippen LogP contribution in [0.5, 0.6) is 0 Å². The first-order valence-electron chi connectivity index (χ1n) is 6.03. The average Bonchev–Trinajstić information content (AvgIpc) is 2.56. The molecule has 1 N–H and O–H groups in total. The number of para-hydroxylation sites is 1. The molecule has 90 valence electrons. The molecule has 0 bridgehead atoms. The van der Waals surface area contributed by atoms with E-state index in [0.29, 0.717) is 0 Å². The van der Waals surface area contributed by atoms with Crippen LogP contribution >= 0.6 is 0 Å². The molecule has 1 amide bonds. The van der Waals surface area contributed by atoms with Gasteiger partial charge in [-0.25, -0.2) is 0 Å². The number of carbonyl (C=O) groups is 1. The standard InChI is InChI=1S/C10H11NO.2C2H6/c1-10(2)7-5-3-4-6-8(7)11-9(10)12;2*1-2/h3-6H,1-2H3,(H,11,12);2*1-2H3. The highest BCUT2D eigenvalue weighted by Gasteiger charge is 2.37. The molecule has 1 aromatic rings. The maximum Gasteiger partial charge on any atom is 0.234 e. The van der Waals surface area contributed by atoms with Crippen LogP contribution in [-0.2, 0) is 10.2 Å². The lowest BCUT2D eigenvalue weighted by atomic mass is 9.86. The van der Waals surface area contributed by atoms with Crippen LogP contribution in [-0.4, -0.2) is 5.91 Å². The third-order valence-electron chi connectivity index (χ3n) is 2.42. The molecule has 16 heavy (non-hydrogen) atoms. The van der Waals surface area contributed by atoms with E-state index in [-0.39, 0.29) is 11.3 Å². The number of carbonyl (C=O) groups excluding carboxylic acids is 1. The van der Waals surface area contributed by atoms with Crippen molar-refractivity contribution in [2.45, 2.75) is 47.0 Å². The molecule has 1 heterocycles. The Morgan fingerprint density at radius 2 is 1.50 bits per heavy atom. The summed E-state index contributed by atoms with van der Waals surface area (Å²) in [5, 5.41) is 2.85. The zero-order valence-corrected chi connectivity index (χ0v) is 11.2. The molecule has 0 aliphatic carbocycles. The van der Waals surface area contributed by atoms with Gasteiger partial charge in [-0.1, -0.05) is 45.9 Å². The van der Waals surface area contributed by atoms with E-state index in [1.807, 2.05) is 65.8 Å². The maximum absolute atomic E-state index is 11.4. The van der Waals surface area contributed by atoms with Crippen molar-refractivity contribution >= 4 is 11.6 Å². The number of hydrogen-bond donors (Lipinski definition) is 1. The van der Waals surface area contributed by atoms with Crippen LogP contribution in [0.15, 0.2) is 24.3 Å². The van der Waals surface area contributed by atoms with Gasteiger partial charge >= 0.3 is 0 Å². The Morgan fingerprint density at radius 3 is 2.00 bits per heavy atom. The Bertz CT molecular complexity index is 342. The van der Waals surface area contributed by atoms with Crippen LogP contribution < -0.4 is 5.32 Å². The van der Waals surface area contributed by atoms with Gasteiger partial charge in [0.15, 0.2) is 0 Å². The fraction of sp³-hybridized carbons (Fsp3) is 0.500. The van der Waals surface area contributed by atoms with Crippen molar-refractivity contribution in [3.05, 3.63) is 29.8 Å². The van der Waals surface area contributed by atoms with E-state index < -0.39 is 0 Å². The molecule has 2 heteroatoms. The first-order valence-corrected chi connectivity index (χ1v) is 6.03. The number of nitrogens with one attached hydrogen (secondary N) is 1. The average molecular weight is 221 g/mol. The highest BCUT2D eigenvalue weighted by atomic mass is 16.2. The fourth-order valence-corrected chi connectivity index (χ4v) is 1.54. The monoisotopic (exact) mass is 221 g/mol. The molecule has 1 aromatic carbocycles. The fourth-order valence-electron chi connectivity index (χ4n) is 1.54. The number of amides is 1. The Labute approximate surface area is 99.1 Å². The molecule has 0 fully saturated rings. The van der Waals surface area contributed by atoms with E-state index in [0.717, 1.165) is 11.3 Å². The summed E-state index contributed by atoms with van der Waals surface area (Å²) in [6, 6.07) is 7.82. The highest BCUT2D eigenvalue weighted by Crippen LogP contribution is 2.36. The van der Waals surface area contributed by atoms with Gasteiger partial charge in [-0.2, -0.15) is 0 Å². The zero-order chi connectivity index (χ0) is 12.8. The second kappa shape index (κ2) is 6.31. The zero-order valence-electron chi connectivity index (χ0n) is 11.2. The third-order valence-corrected chi connectivity index (χ3v) is 2.42. The highest BCUT2D eigenvalue weighted by molar-refractivity contribution is 6.05. The summed E-state index contributed by atoms with van der Waals surface area (Å²) < 4.78 is 0. The number of anilines is 1. The van der Waals surface area contributed by atoms with Crippen LogP contribution in [0.25, 0.3) is 0 Å². The molecule has 0 aromatic heterocycles. The molecular weight excluding hydrogens is 198 g/mol. The Kier molecular flexibility index (Phi) is 5.79. The predicted octanol–water partition coefficient (Wildman–Crippen LogP) is 3.97. The SMILES string of the molecule is CC.CC.CC1(C)C(=O)Nc2ccccc21. The first-order chi connectivity index (χ1) is 7.62. The topological polar surface area (TPSA) is 29.1 Å². The van der Waals surface area contributed by atoms with Crippen molar-refractivity contribution in [3.63, 3.8) is 0 Å². The summed E-state index contributed by atoms with van der Waals surface area (Å²) >= 11 is 0. The van der Waals surface area contributed by atoms with Gasteiger partial charge in [0.2, 0.25) is 5.91 Å². The minimum absolute atomic E-state index is 0.0868. The number of benzene rings is 1. The summed E-state index contributed by atoms with van der Waals surface area (Å²) in [4.78, 5) is 11.4. The Morgan fingerprint density at radius 1 is 1.00 bits per heavy atom. The van der Waals surface area contributed by atoms with Crippen LogP contribution in [0, 0.1) is 0 Å². The van der Waals surface area contributed by atoms with Crippen LogP contribution in [0.2, 0.25) is 0 Å². The van der Waals surface area contributed by atoms with Gasteiger partial charge in [-0.15, -0.1) is 0 Å². The molecule has 0 saturated heterocycles. The summed E-state index contributed by atoms with van der Waals surface area (Å²) in [6.07, 6.45) is 0. The van der Waals surface area contributed by atoms with Crippen molar-refractivity contribution in [1.29, 1.82) is 0 Å². The Balaban J connectivity index is 0.000000509. The second-order valence-electron chi connectivity index (χ2n) is 3.62. The lowest BCUT2D eigenvalue weighted by molar-refractivity contribution is -0.119. The van der Waals surface area contributed by atoms with Gasteiger partial charge in [0, 0.05) is 5.69 Å². The van der Waals surface area contributed by atoms with Gasteiger partial charge in [0.05, 0.1) is 5.41 Å². The predicted molar refractivity (Wildman–Crippen MR) is 70.8 cm³/mol. The molecule has 2 rings (SSSR count). The van der Waals surface area contributed by atoms with Gasteiger partial charge in [0.25, 0.3) is 0 Å². The molecule has 0 saturated carbocycles. The van der Waals surface area contributed by atoms with Crippen molar-refractivity contribution in [2.24, 2.45) is 0 Å². The van der Waals surface area contributed by atoms with Crippen molar-refractivity contribution in [1.82, 2.24) is 0 Å². The lowest BCUT2D eigenvalue weighted by Crippen LogP contribution is -2.26. The largest absolute Gasteiger partial charge is 0.325 e. The second-order valence-corrected chi connectivity index (χ2v) is 3.62. The molecule has 1 aliphatic rings. The smallest absolute Gasteiger partial charge is 0.234 e. The van der Waals surface area contributed by atoms with E-state index in [9.17, 15) is 4.79 Å². The molecule has 0 atom stereocenters. The lowest BCUT2D eigenvalue weighted by Gasteiger charge is -2.14. The van der Waals surface area contributed by atoms with E-state index >= 15 is 0 Å². The third kappa shape index (κ3) is 2.63. The van der Waals surface area contributed by atoms with E-state index in [4.69, 9.17) is 0 Å². The summed E-state index contributed by atoms with van der Waals surface area (Å²) in [7, 11) is 0. The number of hydrogen-bond acceptors (Lipinski definition) is 1. The molecule has 0 radical (unpaired) electrons. The van der Waals surface area contributed by atoms with Crippen molar-refractivity contribution in [3.8, 4) is 0 Å². The van der Waals surface area contributed by atoms with Crippen LogP contribution in [0.3, 0.4) is 0 Å². The van der Waals surface area contributed by atoms with E-state index in [1.54, 1.807) is 0 Å². The summed E-state index contributed by atoms with van der Waals surface area (Å²) in [5.41, 5.74) is 1.68. The van der Waals surface area contributed by atoms with Gasteiger partial charge < -0.3 is 5.32 Å². The first kappa shape index (κ1) is 14.7. The minimum atomic E-state index is -0.364. The van der Waals surface area contributed by atoms with Crippen molar-refractivity contribution in [2.75, 3.05) is 5.32 Å². The quantitative estimate of drug-likeness (QED) is 0.705. The van der Waals surface area contributed by atoms with Gasteiger partial charge in [-0.05, 0) is 25.5 Å². The molecule has 0 spiro atoms. The van der Waals surface area contributed by atoms with E-state index in [2.05, 4.69) is 5.32 Å². The van der Waals surface area contributed by atoms with E-state index in [1.165, 1.54) is 0 Å². The molecule has 2 nitrogen and oxygen atoms in total. The summed E-state index contributed by atoms with van der Waals surface area (Å²) in [6.45, 7) is 11.9. The molecule has 0 unspecified atom stereocenters. The maximum atomic E-state index is 11.4. The van der Waals surface area contributed by atoms with Crippen LogP contribution in [0.4, 0.5) is 5.69 Å². The summed E-state index contributed by atoms with van der Waals surface area (Å²) in [5.74, 6) is 0.0868. The number of fused-ring (bicyclic) bond motifs is 1. The number of rotatable bonds is 0. The van der Waals surface area contributed by atoms with Gasteiger partial charge in [-0.3, -0.25) is 4.79 Å². The normalized spacial score (nSPS) is 14.8.